The molecule has 0 aromatic rings. The molecule has 0 aliphatic heterocycles. The molecule has 0 spiro atoms. The molecule has 0 aromatic carbocycles. The van der Waals surface area contributed by atoms with E-state index in [0.717, 1.165) is 6.54 Å². The molecule has 0 radical (unpaired) electrons. The first-order valence-electron chi connectivity index (χ1n) is 2.85. The van der Waals surface area contributed by atoms with Crippen molar-refractivity contribution in [3.8, 4) is 0 Å². The van der Waals surface area contributed by atoms with E-state index in [-0.39, 0.29) is 0 Å². The van der Waals surface area contributed by atoms with Gasteiger partial charge in [-0.1, -0.05) is 12.8 Å². The lowest BCUT2D eigenvalue weighted by atomic mass is 10.7. The molecular formula is C5H13NO2S. The van der Waals surface area contributed by atoms with Crippen molar-refractivity contribution in [1.82, 2.24) is 4.72 Å². The predicted molar refractivity (Wildman–Crippen MR) is 39.7 cm³/mol. The SMILES string of the molecule is COCCOCCNS. The molecule has 0 unspecified atom stereocenters. The fraction of sp³-hybridized carbons (Fsp3) is 1.00. The summed E-state index contributed by atoms with van der Waals surface area (Å²) in [4.78, 5) is 0. The largest absolute Gasteiger partial charge is 0.382 e. The van der Waals surface area contributed by atoms with Crippen molar-refractivity contribution in [3.05, 3.63) is 0 Å². The zero-order chi connectivity index (χ0) is 6.95. The highest BCUT2D eigenvalue weighted by atomic mass is 32.1. The zero-order valence-electron chi connectivity index (χ0n) is 5.59. The van der Waals surface area contributed by atoms with Crippen molar-refractivity contribution in [3.63, 3.8) is 0 Å². The highest BCUT2D eigenvalue weighted by Gasteiger charge is 1.84. The maximum absolute atomic E-state index is 5.08. The van der Waals surface area contributed by atoms with E-state index in [1.54, 1.807) is 7.11 Å². The van der Waals surface area contributed by atoms with E-state index < -0.39 is 0 Å². The lowest BCUT2D eigenvalue weighted by molar-refractivity contribution is 0.0738. The molecule has 0 atom stereocenters. The van der Waals surface area contributed by atoms with E-state index in [4.69, 9.17) is 9.47 Å². The Hall–Kier alpha value is 0.230. The number of hydrogen-bond donors (Lipinski definition) is 2. The number of hydrogen-bond acceptors (Lipinski definition) is 4. The molecule has 3 nitrogen and oxygen atoms in total. The molecule has 0 fully saturated rings. The Morgan fingerprint density at radius 2 is 2.11 bits per heavy atom. The van der Waals surface area contributed by atoms with Gasteiger partial charge in [-0.2, -0.15) is 0 Å². The average Bonchev–Trinajstić information content (AvgIpc) is 1.89. The maximum Gasteiger partial charge on any atom is 0.0700 e. The summed E-state index contributed by atoms with van der Waals surface area (Å²) in [5.41, 5.74) is 0. The molecule has 0 aliphatic carbocycles. The predicted octanol–water partition coefficient (Wildman–Crippen LogP) is 0.0838. The van der Waals surface area contributed by atoms with Crippen LogP contribution in [0.2, 0.25) is 0 Å². The maximum atomic E-state index is 5.08. The Morgan fingerprint density at radius 1 is 1.33 bits per heavy atom. The van der Waals surface area contributed by atoms with Crippen molar-refractivity contribution < 1.29 is 9.47 Å². The van der Waals surface area contributed by atoms with Gasteiger partial charge < -0.3 is 9.47 Å². The molecule has 1 N–H and O–H groups in total. The van der Waals surface area contributed by atoms with Gasteiger partial charge in [0.2, 0.25) is 0 Å². The normalized spacial score (nSPS) is 10.0. The molecule has 9 heavy (non-hydrogen) atoms. The summed E-state index contributed by atoms with van der Waals surface area (Å²) in [6.45, 7) is 2.78. The summed E-state index contributed by atoms with van der Waals surface area (Å²) < 4.78 is 12.5. The lowest BCUT2D eigenvalue weighted by Crippen LogP contribution is -2.12. The van der Waals surface area contributed by atoms with Crippen molar-refractivity contribution in [2.75, 3.05) is 33.5 Å². The van der Waals surface area contributed by atoms with E-state index in [2.05, 4.69) is 17.5 Å². The molecule has 0 saturated heterocycles. The summed E-state index contributed by atoms with van der Waals surface area (Å²) in [6, 6.07) is 0. The van der Waals surface area contributed by atoms with E-state index in [1.165, 1.54) is 0 Å². The van der Waals surface area contributed by atoms with Crippen LogP contribution in [0.5, 0.6) is 0 Å². The monoisotopic (exact) mass is 151 g/mol. The first-order chi connectivity index (χ1) is 4.41. The Labute approximate surface area is 61.3 Å². The molecule has 0 aliphatic rings. The van der Waals surface area contributed by atoms with Crippen LogP contribution in [0.25, 0.3) is 0 Å². The van der Waals surface area contributed by atoms with Crippen LogP contribution < -0.4 is 4.72 Å². The number of methoxy groups -OCH3 is 1. The summed E-state index contributed by atoms with van der Waals surface area (Å²) in [6.07, 6.45) is 0. The second-order valence-corrected chi connectivity index (χ2v) is 1.83. The molecule has 0 amide bonds. The van der Waals surface area contributed by atoms with Gasteiger partial charge >= 0.3 is 0 Å². The van der Waals surface area contributed by atoms with Crippen molar-refractivity contribution in [2.45, 2.75) is 0 Å². The van der Waals surface area contributed by atoms with Crippen LogP contribution in [-0.4, -0.2) is 33.5 Å². The quantitative estimate of drug-likeness (QED) is 0.416. The molecule has 0 heterocycles. The average molecular weight is 151 g/mol. The minimum atomic E-state index is 0.659. The van der Waals surface area contributed by atoms with Gasteiger partial charge in [-0.3, -0.25) is 4.72 Å². The van der Waals surface area contributed by atoms with Gasteiger partial charge in [-0.05, 0) is 0 Å². The van der Waals surface area contributed by atoms with Gasteiger partial charge in [0.15, 0.2) is 0 Å². The zero-order valence-corrected chi connectivity index (χ0v) is 6.49. The molecular weight excluding hydrogens is 138 g/mol. The standard InChI is InChI=1S/C5H13NO2S/c1-7-4-5-8-3-2-6-9/h6,9H,2-5H2,1H3. The Kier molecular flexibility index (Phi) is 8.44. The van der Waals surface area contributed by atoms with Gasteiger partial charge in [0.25, 0.3) is 0 Å². The summed E-state index contributed by atoms with van der Waals surface area (Å²) in [5, 5.41) is 0. The molecule has 56 valence electrons. The summed E-state index contributed by atoms with van der Waals surface area (Å²) in [5.74, 6) is 0. The Balaban J connectivity index is 2.60. The minimum Gasteiger partial charge on any atom is -0.382 e. The number of nitrogens with one attached hydrogen (secondary N) is 1. The smallest absolute Gasteiger partial charge is 0.0700 e. The van der Waals surface area contributed by atoms with Crippen molar-refractivity contribution >= 4 is 12.8 Å². The Bertz CT molecular complexity index is 48.2. The third-order valence-electron chi connectivity index (χ3n) is 0.790. The third kappa shape index (κ3) is 8.23. The number of rotatable bonds is 6. The van der Waals surface area contributed by atoms with E-state index >= 15 is 0 Å². The third-order valence-corrected chi connectivity index (χ3v) is 1.01. The van der Waals surface area contributed by atoms with Gasteiger partial charge in [0.1, 0.15) is 0 Å². The van der Waals surface area contributed by atoms with Crippen LogP contribution in [-0.2, 0) is 9.47 Å². The molecule has 0 saturated carbocycles. The highest BCUT2D eigenvalue weighted by Crippen LogP contribution is 1.74. The molecule has 0 bridgehead atoms. The van der Waals surface area contributed by atoms with Crippen molar-refractivity contribution in [1.29, 1.82) is 0 Å². The van der Waals surface area contributed by atoms with Gasteiger partial charge in [-0.25, -0.2) is 0 Å². The van der Waals surface area contributed by atoms with E-state index in [0.29, 0.717) is 19.8 Å². The highest BCUT2D eigenvalue weighted by molar-refractivity contribution is 7.78. The lowest BCUT2D eigenvalue weighted by Gasteiger charge is -2.00. The summed E-state index contributed by atoms with van der Waals surface area (Å²) in [7, 11) is 1.65. The van der Waals surface area contributed by atoms with Crippen LogP contribution >= 0.6 is 12.8 Å². The van der Waals surface area contributed by atoms with Gasteiger partial charge in [-0.15, -0.1) is 0 Å². The van der Waals surface area contributed by atoms with Crippen LogP contribution in [0.1, 0.15) is 0 Å². The van der Waals surface area contributed by atoms with Gasteiger partial charge in [0, 0.05) is 13.7 Å². The second-order valence-electron chi connectivity index (χ2n) is 1.51. The van der Waals surface area contributed by atoms with Crippen LogP contribution in [0.15, 0.2) is 0 Å². The number of thiol groups is 1. The van der Waals surface area contributed by atoms with Crippen molar-refractivity contribution in [2.24, 2.45) is 0 Å². The summed E-state index contributed by atoms with van der Waals surface area (Å²) >= 11 is 3.78. The fourth-order valence-electron chi connectivity index (χ4n) is 0.362. The van der Waals surface area contributed by atoms with E-state index in [9.17, 15) is 0 Å². The molecule has 0 aromatic heterocycles. The second kappa shape index (κ2) is 8.23. The van der Waals surface area contributed by atoms with Crippen LogP contribution in [0.4, 0.5) is 0 Å². The van der Waals surface area contributed by atoms with Crippen LogP contribution in [0.3, 0.4) is 0 Å². The molecule has 0 rings (SSSR count). The Morgan fingerprint density at radius 3 is 2.67 bits per heavy atom. The fourth-order valence-corrected chi connectivity index (χ4v) is 0.453. The minimum absolute atomic E-state index is 0.659. The van der Waals surface area contributed by atoms with E-state index in [1.807, 2.05) is 0 Å². The van der Waals surface area contributed by atoms with Crippen LogP contribution in [0, 0.1) is 0 Å². The first-order valence-corrected chi connectivity index (χ1v) is 3.30. The number of ether oxygens (including phenoxy) is 2. The molecule has 4 heteroatoms. The topological polar surface area (TPSA) is 30.5 Å². The first kappa shape index (κ1) is 9.23. The van der Waals surface area contributed by atoms with Gasteiger partial charge in [0.05, 0.1) is 19.8 Å².